The SMILES string of the molecule is CCN(CC(=O)Nc1cccnc1Cl)CC(C)(C)CN. The van der Waals surface area contributed by atoms with Crippen LogP contribution >= 0.6 is 11.6 Å². The number of carbonyl (C=O) groups is 1. The van der Waals surface area contributed by atoms with Crippen molar-refractivity contribution in [3.05, 3.63) is 23.5 Å². The van der Waals surface area contributed by atoms with Gasteiger partial charge in [0, 0.05) is 12.7 Å². The summed E-state index contributed by atoms with van der Waals surface area (Å²) in [6.45, 7) is 8.66. The first-order valence-corrected chi connectivity index (χ1v) is 7.08. The van der Waals surface area contributed by atoms with Gasteiger partial charge in [-0.25, -0.2) is 4.98 Å². The first-order valence-electron chi connectivity index (χ1n) is 6.70. The smallest absolute Gasteiger partial charge is 0.238 e. The van der Waals surface area contributed by atoms with Crippen LogP contribution in [0.1, 0.15) is 20.8 Å². The molecule has 0 spiro atoms. The number of likely N-dealkylation sites (N-methyl/N-ethyl adjacent to an activating group) is 1. The van der Waals surface area contributed by atoms with Crippen molar-refractivity contribution in [1.82, 2.24) is 9.88 Å². The van der Waals surface area contributed by atoms with Gasteiger partial charge >= 0.3 is 0 Å². The first-order chi connectivity index (χ1) is 9.38. The molecule has 0 fully saturated rings. The lowest BCUT2D eigenvalue weighted by Crippen LogP contribution is -2.42. The summed E-state index contributed by atoms with van der Waals surface area (Å²) in [6, 6.07) is 3.46. The van der Waals surface area contributed by atoms with Gasteiger partial charge in [0.15, 0.2) is 5.15 Å². The van der Waals surface area contributed by atoms with E-state index in [1.54, 1.807) is 18.3 Å². The minimum Gasteiger partial charge on any atom is -0.330 e. The Bertz CT molecular complexity index is 451. The molecule has 0 unspecified atom stereocenters. The van der Waals surface area contributed by atoms with Gasteiger partial charge in [0.1, 0.15) is 0 Å². The Morgan fingerprint density at radius 1 is 1.55 bits per heavy atom. The molecule has 3 N–H and O–H groups in total. The van der Waals surface area contributed by atoms with Crippen molar-refractivity contribution in [2.45, 2.75) is 20.8 Å². The highest BCUT2D eigenvalue weighted by atomic mass is 35.5. The van der Waals surface area contributed by atoms with Crippen LogP contribution in [-0.4, -0.2) is 42.0 Å². The highest BCUT2D eigenvalue weighted by Crippen LogP contribution is 2.18. The van der Waals surface area contributed by atoms with Crippen molar-refractivity contribution < 1.29 is 4.79 Å². The lowest BCUT2D eigenvalue weighted by molar-refractivity contribution is -0.117. The fourth-order valence-corrected chi connectivity index (χ4v) is 1.99. The number of anilines is 1. The summed E-state index contributed by atoms with van der Waals surface area (Å²) in [5.41, 5.74) is 6.25. The molecule has 0 radical (unpaired) electrons. The van der Waals surface area contributed by atoms with E-state index < -0.39 is 0 Å². The van der Waals surface area contributed by atoms with Crippen molar-refractivity contribution in [2.75, 3.05) is 31.5 Å². The molecule has 20 heavy (non-hydrogen) atoms. The number of hydrogen-bond acceptors (Lipinski definition) is 4. The Hall–Kier alpha value is -1.17. The Balaban J connectivity index is 2.58. The van der Waals surface area contributed by atoms with Crippen LogP contribution in [-0.2, 0) is 4.79 Å². The number of nitrogens with two attached hydrogens (primary N) is 1. The van der Waals surface area contributed by atoms with E-state index in [1.807, 2.05) is 6.92 Å². The Kier molecular flexibility index (Phi) is 6.39. The number of carbonyl (C=O) groups excluding carboxylic acids is 1. The van der Waals surface area contributed by atoms with Gasteiger partial charge in [-0.1, -0.05) is 32.4 Å². The molecule has 0 aliphatic carbocycles. The highest BCUT2D eigenvalue weighted by Gasteiger charge is 2.21. The lowest BCUT2D eigenvalue weighted by atomic mass is 9.93. The van der Waals surface area contributed by atoms with Gasteiger partial charge < -0.3 is 11.1 Å². The zero-order chi connectivity index (χ0) is 15.2. The van der Waals surface area contributed by atoms with Gasteiger partial charge in [-0.15, -0.1) is 0 Å². The van der Waals surface area contributed by atoms with E-state index in [1.165, 1.54) is 0 Å². The second-order valence-electron chi connectivity index (χ2n) is 5.56. The zero-order valence-corrected chi connectivity index (χ0v) is 13.1. The van der Waals surface area contributed by atoms with Crippen molar-refractivity contribution in [3.63, 3.8) is 0 Å². The molecular weight excluding hydrogens is 276 g/mol. The second kappa shape index (κ2) is 7.57. The molecule has 1 rings (SSSR count). The topological polar surface area (TPSA) is 71.2 Å². The average Bonchev–Trinajstić information content (AvgIpc) is 2.40. The molecule has 0 aromatic carbocycles. The third kappa shape index (κ3) is 5.45. The number of halogens is 1. The van der Waals surface area contributed by atoms with Gasteiger partial charge in [-0.05, 0) is 30.6 Å². The van der Waals surface area contributed by atoms with Crippen LogP contribution < -0.4 is 11.1 Å². The van der Waals surface area contributed by atoms with Crippen LogP contribution in [0.2, 0.25) is 5.15 Å². The number of rotatable bonds is 7. The van der Waals surface area contributed by atoms with Crippen LogP contribution in [0.25, 0.3) is 0 Å². The minimum atomic E-state index is -0.102. The number of nitrogens with zero attached hydrogens (tertiary/aromatic N) is 2. The van der Waals surface area contributed by atoms with E-state index >= 15 is 0 Å². The van der Waals surface area contributed by atoms with Crippen molar-refractivity contribution in [2.24, 2.45) is 11.1 Å². The maximum absolute atomic E-state index is 12.0. The van der Waals surface area contributed by atoms with E-state index in [4.69, 9.17) is 17.3 Å². The molecule has 0 atom stereocenters. The lowest BCUT2D eigenvalue weighted by Gasteiger charge is -2.30. The Labute approximate surface area is 125 Å². The van der Waals surface area contributed by atoms with Crippen LogP contribution in [0.4, 0.5) is 5.69 Å². The number of aromatic nitrogens is 1. The van der Waals surface area contributed by atoms with Crippen molar-refractivity contribution in [1.29, 1.82) is 0 Å². The monoisotopic (exact) mass is 298 g/mol. The number of hydrogen-bond donors (Lipinski definition) is 2. The average molecular weight is 299 g/mol. The summed E-state index contributed by atoms with van der Waals surface area (Å²) in [6.07, 6.45) is 1.58. The van der Waals surface area contributed by atoms with E-state index in [0.717, 1.165) is 13.1 Å². The van der Waals surface area contributed by atoms with Crippen molar-refractivity contribution in [3.8, 4) is 0 Å². The molecular formula is C14H23ClN4O. The van der Waals surface area contributed by atoms with E-state index in [0.29, 0.717) is 23.9 Å². The molecule has 1 heterocycles. The van der Waals surface area contributed by atoms with E-state index in [2.05, 4.69) is 29.0 Å². The molecule has 0 aliphatic rings. The van der Waals surface area contributed by atoms with Crippen LogP contribution in [0.5, 0.6) is 0 Å². The summed E-state index contributed by atoms with van der Waals surface area (Å²) >= 11 is 5.91. The number of nitrogens with one attached hydrogen (secondary N) is 1. The molecule has 0 bridgehead atoms. The zero-order valence-electron chi connectivity index (χ0n) is 12.3. The summed E-state index contributed by atoms with van der Waals surface area (Å²) in [4.78, 5) is 18.0. The van der Waals surface area contributed by atoms with Gasteiger partial charge in [0.2, 0.25) is 5.91 Å². The molecule has 112 valence electrons. The largest absolute Gasteiger partial charge is 0.330 e. The normalized spacial score (nSPS) is 11.7. The molecule has 1 aromatic rings. The summed E-state index contributed by atoms with van der Waals surface area (Å²) in [5, 5.41) is 3.07. The molecule has 1 amide bonds. The quantitative estimate of drug-likeness (QED) is 0.755. The highest BCUT2D eigenvalue weighted by molar-refractivity contribution is 6.32. The predicted octanol–water partition coefficient (Wildman–Crippen LogP) is 1.98. The number of pyridine rings is 1. The van der Waals surface area contributed by atoms with Crippen molar-refractivity contribution >= 4 is 23.2 Å². The molecule has 5 nitrogen and oxygen atoms in total. The molecule has 0 saturated heterocycles. The summed E-state index contributed by atoms with van der Waals surface area (Å²) < 4.78 is 0. The number of amides is 1. The third-order valence-electron chi connectivity index (χ3n) is 3.05. The molecule has 0 saturated carbocycles. The fourth-order valence-electron chi connectivity index (χ4n) is 1.82. The van der Waals surface area contributed by atoms with Gasteiger partial charge in [0.05, 0.1) is 12.2 Å². The van der Waals surface area contributed by atoms with Crippen LogP contribution in [0.15, 0.2) is 18.3 Å². The van der Waals surface area contributed by atoms with Gasteiger partial charge in [-0.2, -0.15) is 0 Å². The summed E-state index contributed by atoms with van der Waals surface area (Å²) in [5.74, 6) is -0.102. The van der Waals surface area contributed by atoms with Crippen LogP contribution in [0, 0.1) is 5.41 Å². The maximum atomic E-state index is 12.0. The van der Waals surface area contributed by atoms with Gasteiger partial charge in [-0.3, -0.25) is 9.69 Å². The third-order valence-corrected chi connectivity index (χ3v) is 3.35. The minimum absolute atomic E-state index is 0.0117. The van der Waals surface area contributed by atoms with E-state index in [-0.39, 0.29) is 11.3 Å². The molecule has 6 heteroatoms. The van der Waals surface area contributed by atoms with Gasteiger partial charge in [0.25, 0.3) is 0 Å². The standard InChI is InChI=1S/C14H23ClN4O/c1-4-19(10-14(2,3)9-16)8-12(20)18-11-6-5-7-17-13(11)15/h5-7H,4,8-10,16H2,1-3H3,(H,18,20). The molecule has 0 aliphatic heterocycles. The Morgan fingerprint density at radius 3 is 2.80 bits per heavy atom. The molecule has 1 aromatic heterocycles. The van der Waals surface area contributed by atoms with E-state index in [9.17, 15) is 4.79 Å². The predicted molar refractivity (Wildman–Crippen MR) is 82.8 cm³/mol. The fraction of sp³-hybridized carbons (Fsp3) is 0.571. The maximum Gasteiger partial charge on any atom is 0.238 e. The first kappa shape index (κ1) is 16.9. The second-order valence-corrected chi connectivity index (χ2v) is 5.92. The Morgan fingerprint density at radius 2 is 2.25 bits per heavy atom. The summed E-state index contributed by atoms with van der Waals surface area (Å²) in [7, 11) is 0. The van der Waals surface area contributed by atoms with Crippen LogP contribution in [0.3, 0.4) is 0 Å².